The fraction of sp³-hybridized carbons (Fsp3) is 0.412. The van der Waals surface area contributed by atoms with E-state index in [1.54, 1.807) is 7.05 Å². The Kier molecular flexibility index (Phi) is 29.5. The minimum atomic E-state index is -1.05. The first-order valence-corrected chi connectivity index (χ1v) is 25.8. The molecule has 10 N–H and O–H groups in total. The van der Waals surface area contributed by atoms with Crippen LogP contribution in [0.3, 0.4) is 0 Å². The van der Waals surface area contributed by atoms with Gasteiger partial charge in [-0.2, -0.15) is 0 Å². The molecule has 33 heteroatoms. The summed E-state index contributed by atoms with van der Waals surface area (Å²) in [5, 5.41) is 63.7. The second kappa shape index (κ2) is 36.4. The van der Waals surface area contributed by atoms with Gasteiger partial charge >= 0.3 is 35.8 Å². The van der Waals surface area contributed by atoms with Gasteiger partial charge in [-0.25, -0.2) is 88.6 Å². The third-order valence-electron chi connectivity index (χ3n) is 11.2. The second-order valence-corrected chi connectivity index (χ2v) is 18.0. The maximum Gasteiger partial charge on any atom is 0.354 e. The van der Waals surface area contributed by atoms with E-state index in [0.717, 1.165) is 65.4 Å². The van der Waals surface area contributed by atoms with Gasteiger partial charge in [-0.15, -0.1) is 0 Å². The molecule has 2 aliphatic heterocycles. The number of aromatic carboxylic acids is 6. The molecule has 0 unspecified atom stereocenters. The number of anilines is 6. The molecule has 8 heterocycles. The molecule has 0 saturated carbocycles. The van der Waals surface area contributed by atoms with Crippen LogP contribution in [0, 0.1) is 0 Å². The summed E-state index contributed by atoms with van der Waals surface area (Å²) in [6.45, 7) is 18.7. The van der Waals surface area contributed by atoms with E-state index in [9.17, 15) is 28.8 Å². The highest BCUT2D eigenvalue weighted by molar-refractivity contribution is 5.88. The highest BCUT2D eigenvalue weighted by Gasteiger charge is 2.19. The summed E-state index contributed by atoms with van der Waals surface area (Å²) in [7, 11) is 7.66. The predicted octanol–water partition coefficient (Wildman–Crippen LogP) is 2.21. The van der Waals surface area contributed by atoms with Crippen molar-refractivity contribution < 1.29 is 59.4 Å². The van der Waals surface area contributed by atoms with Crippen molar-refractivity contribution in [2.24, 2.45) is 0 Å². The summed E-state index contributed by atoms with van der Waals surface area (Å²) in [5.74, 6) is -2.73. The first-order valence-electron chi connectivity index (χ1n) is 25.8. The van der Waals surface area contributed by atoms with Crippen molar-refractivity contribution in [2.75, 3.05) is 138 Å². The lowest BCUT2D eigenvalue weighted by Gasteiger charge is -2.34. The van der Waals surface area contributed by atoms with Crippen LogP contribution in [0.4, 0.5) is 34.9 Å². The lowest BCUT2D eigenvalue weighted by molar-refractivity contribution is 0.0679. The van der Waals surface area contributed by atoms with E-state index in [1.807, 2.05) is 39.8 Å². The Hall–Kier alpha value is -10.0. The van der Waals surface area contributed by atoms with Crippen LogP contribution in [0.15, 0.2) is 74.4 Å². The van der Waals surface area contributed by atoms with E-state index in [4.69, 9.17) is 30.6 Å². The molecule has 8 rings (SSSR count). The van der Waals surface area contributed by atoms with Crippen molar-refractivity contribution in [3.63, 3.8) is 0 Å². The van der Waals surface area contributed by atoms with Crippen molar-refractivity contribution >= 4 is 70.7 Å². The first-order chi connectivity index (χ1) is 40.0. The zero-order chi connectivity index (χ0) is 62.1. The van der Waals surface area contributed by atoms with E-state index < -0.39 is 35.8 Å². The van der Waals surface area contributed by atoms with Gasteiger partial charge in [-0.3, -0.25) is 0 Å². The third kappa shape index (κ3) is 25.6. The molecule has 452 valence electrons. The lowest BCUT2D eigenvalue weighted by atomic mass is 10.3. The van der Waals surface area contributed by atoms with E-state index in [1.165, 1.54) is 74.4 Å². The van der Waals surface area contributed by atoms with E-state index in [2.05, 4.69) is 115 Å². The predicted molar refractivity (Wildman–Crippen MR) is 307 cm³/mol. The zero-order valence-corrected chi connectivity index (χ0v) is 47.7. The number of nitrogens with one attached hydrogen (secondary N) is 4. The van der Waals surface area contributed by atoms with Gasteiger partial charge in [0, 0.05) is 121 Å². The van der Waals surface area contributed by atoms with Gasteiger partial charge in [-0.05, 0) is 48.5 Å². The van der Waals surface area contributed by atoms with Gasteiger partial charge in [0.1, 0.15) is 72.9 Å². The summed E-state index contributed by atoms with van der Waals surface area (Å²) in [6, 6.07) is 8.85. The number of hydrogen-bond donors (Lipinski definition) is 10. The standard InChI is InChI=1S/C11H16N4O2.C10H14N4O2.C9H14N4O2.C8H11N3O2.C7H9N3O2.C6H7N3O2/c1-2-14-3-5-15(6-4-14)10-7-9(11(16)17)12-8-13-10;1-13-2-4-14(5-3-13)9-6-8(10(15)16)11-7-12-9;1-13(2)4-3-10-8-5-7(9(14)15)11-6-12-8;1-5(2)11-7-3-6(8(12)13)9-4-10-7;1-2-8-6-3-5(7(11)12)9-4-10-6;1-7-5-2-4(6(10)11)8-3-9-5/h7-8H,2-6H2,1H3,(H,16,17);6-7H,2-5H2,1H3,(H,15,16);5-6H,3-4H2,1-2H3,(H,14,15)(H,10,11,12);3-5H,1-2H3,(H,12,13)(H,9,10,11);3-4H,2H2,1H3,(H,11,12)(H,8,9,10);2-3H,1H3,(H,10,11)(H,7,8,9). The normalized spacial score (nSPS) is 12.7. The Morgan fingerprint density at radius 3 is 1.17 bits per heavy atom. The van der Waals surface area contributed by atoms with Crippen molar-refractivity contribution in [1.82, 2.24) is 74.5 Å². The largest absolute Gasteiger partial charge is 0.477 e. The Morgan fingerprint density at radius 2 is 0.810 bits per heavy atom. The molecule has 2 fully saturated rings. The Labute approximate surface area is 483 Å². The molecule has 0 spiro atoms. The van der Waals surface area contributed by atoms with Gasteiger partial charge in [0.15, 0.2) is 34.2 Å². The molecular formula is C51H71N21O12. The third-order valence-corrected chi connectivity index (χ3v) is 11.2. The molecule has 2 aliphatic rings. The molecular weight excluding hydrogens is 1100 g/mol. The molecule has 0 atom stereocenters. The fourth-order valence-electron chi connectivity index (χ4n) is 6.79. The summed E-state index contributed by atoms with van der Waals surface area (Å²) in [5.41, 5.74) is 0.0812. The highest BCUT2D eigenvalue weighted by Crippen LogP contribution is 2.15. The Bertz CT molecular complexity index is 3040. The highest BCUT2D eigenvalue weighted by atomic mass is 16.4. The van der Waals surface area contributed by atoms with Crippen molar-refractivity contribution in [1.29, 1.82) is 0 Å². The van der Waals surface area contributed by atoms with Gasteiger partial charge < -0.3 is 76.4 Å². The minimum absolute atomic E-state index is 0.000880. The van der Waals surface area contributed by atoms with E-state index >= 15 is 0 Å². The maximum absolute atomic E-state index is 10.8. The van der Waals surface area contributed by atoms with Crippen LogP contribution in [0.2, 0.25) is 0 Å². The van der Waals surface area contributed by atoms with Crippen molar-refractivity contribution in [3.05, 3.63) is 109 Å². The summed E-state index contributed by atoms with van der Waals surface area (Å²) >= 11 is 0. The number of carbonyl (C=O) groups is 6. The zero-order valence-electron chi connectivity index (χ0n) is 47.7. The van der Waals surface area contributed by atoms with Crippen molar-refractivity contribution in [2.45, 2.75) is 33.7 Å². The number of nitrogens with zero attached hydrogens (tertiary/aromatic N) is 17. The van der Waals surface area contributed by atoms with Gasteiger partial charge in [0.2, 0.25) is 0 Å². The monoisotopic (exact) mass is 1170 g/mol. The van der Waals surface area contributed by atoms with E-state index in [-0.39, 0.29) is 40.2 Å². The molecule has 84 heavy (non-hydrogen) atoms. The number of carboxylic acids is 6. The maximum atomic E-state index is 10.8. The van der Waals surface area contributed by atoms with Crippen LogP contribution < -0.4 is 31.1 Å². The topological polar surface area (TPSA) is 443 Å². The van der Waals surface area contributed by atoms with Gasteiger partial charge in [0.05, 0.1) is 0 Å². The molecule has 0 bridgehead atoms. The quantitative estimate of drug-likeness (QED) is 0.0589. The van der Waals surface area contributed by atoms with Gasteiger partial charge in [-0.1, -0.05) is 6.92 Å². The number of carboxylic acid groups (broad SMARTS) is 6. The van der Waals surface area contributed by atoms with Crippen LogP contribution in [0.5, 0.6) is 0 Å². The van der Waals surface area contributed by atoms with Crippen LogP contribution in [0.1, 0.15) is 90.6 Å². The van der Waals surface area contributed by atoms with Gasteiger partial charge in [0.25, 0.3) is 0 Å². The molecule has 0 amide bonds. The number of hydrogen-bond acceptors (Lipinski definition) is 27. The number of rotatable bonds is 18. The van der Waals surface area contributed by atoms with Crippen LogP contribution in [-0.2, 0) is 0 Å². The molecule has 6 aromatic heterocycles. The number of piperazine rings is 2. The molecule has 33 nitrogen and oxygen atoms in total. The molecule has 0 radical (unpaired) electrons. The molecule has 6 aromatic rings. The number of aromatic nitrogens is 12. The lowest BCUT2D eigenvalue weighted by Crippen LogP contribution is -2.46. The molecule has 0 aromatic carbocycles. The molecule has 0 aliphatic carbocycles. The summed E-state index contributed by atoms with van der Waals surface area (Å²) < 4.78 is 0. The average Bonchev–Trinajstić information content (AvgIpc) is 3.70. The smallest absolute Gasteiger partial charge is 0.354 e. The first kappa shape index (κ1) is 68.3. The van der Waals surface area contributed by atoms with Crippen LogP contribution in [0.25, 0.3) is 0 Å². The van der Waals surface area contributed by atoms with Crippen molar-refractivity contribution in [3.8, 4) is 0 Å². The molecule has 2 saturated heterocycles. The van der Waals surface area contributed by atoms with E-state index in [0.29, 0.717) is 48.0 Å². The summed E-state index contributed by atoms with van der Waals surface area (Å²) in [6.07, 6.45) is 7.51. The second-order valence-electron chi connectivity index (χ2n) is 18.0. The Morgan fingerprint density at radius 1 is 0.476 bits per heavy atom. The fourth-order valence-corrected chi connectivity index (χ4v) is 6.79. The summed E-state index contributed by atoms with van der Waals surface area (Å²) in [4.78, 5) is 120. The Balaban J connectivity index is 0.000000266. The van der Waals surface area contributed by atoms with Crippen LogP contribution >= 0.6 is 0 Å². The minimum Gasteiger partial charge on any atom is -0.477 e. The van der Waals surface area contributed by atoms with Crippen LogP contribution in [-0.4, -0.2) is 254 Å². The average molecular weight is 1170 g/mol. The SMILES string of the molecule is CC(C)Nc1cc(C(=O)O)ncn1.CCN1CCN(c2cc(C(=O)O)ncn2)CC1.CCNc1cc(C(=O)O)ncn1.CN(C)CCNc1cc(C(=O)O)ncn1.CN1CCN(c2cc(C(=O)O)ncn2)CC1.CNc1cc(C(=O)O)ncn1. The number of likely N-dealkylation sites (N-methyl/N-ethyl adjacent to an activating group) is 3.